The average Bonchev–Trinajstić information content (AvgIpc) is 2.81. The standard InChI is InChI=1S/C13H19N3O/c1-9-6-7-11(12(8-9)16-14)13(17)15-10-4-2-3-5-10/h6-8,10,16H,2-5,14H2,1H3,(H,15,17). The number of hydrazine groups is 1. The van der Waals surface area contributed by atoms with Gasteiger partial charge in [0.1, 0.15) is 0 Å². The van der Waals surface area contributed by atoms with Crippen molar-refractivity contribution < 1.29 is 4.79 Å². The summed E-state index contributed by atoms with van der Waals surface area (Å²) in [6.45, 7) is 1.97. The first kappa shape index (κ1) is 11.9. The number of carbonyl (C=O) groups is 1. The first-order chi connectivity index (χ1) is 8.20. The lowest BCUT2D eigenvalue weighted by Crippen LogP contribution is -2.33. The molecule has 2 rings (SSSR count). The third-order valence-electron chi connectivity index (χ3n) is 3.27. The van der Waals surface area contributed by atoms with E-state index in [1.54, 1.807) is 0 Å². The Balaban J connectivity index is 2.12. The Morgan fingerprint density at radius 3 is 2.71 bits per heavy atom. The molecule has 0 bridgehead atoms. The monoisotopic (exact) mass is 233 g/mol. The van der Waals surface area contributed by atoms with Gasteiger partial charge in [-0.15, -0.1) is 0 Å². The van der Waals surface area contributed by atoms with E-state index in [0.29, 0.717) is 17.3 Å². The first-order valence-corrected chi connectivity index (χ1v) is 6.09. The molecule has 4 heteroatoms. The van der Waals surface area contributed by atoms with E-state index in [1.807, 2.05) is 25.1 Å². The van der Waals surface area contributed by atoms with E-state index in [9.17, 15) is 4.79 Å². The second kappa shape index (κ2) is 5.19. The van der Waals surface area contributed by atoms with Crippen molar-refractivity contribution in [2.75, 3.05) is 5.43 Å². The van der Waals surface area contributed by atoms with Crippen molar-refractivity contribution in [1.82, 2.24) is 5.32 Å². The number of carbonyl (C=O) groups excluding carboxylic acids is 1. The van der Waals surface area contributed by atoms with Crippen LogP contribution in [-0.4, -0.2) is 11.9 Å². The molecule has 0 spiro atoms. The fourth-order valence-electron chi connectivity index (χ4n) is 2.31. The Morgan fingerprint density at radius 1 is 1.35 bits per heavy atom. The van der Waals surface area contributed by atoms with Crippen LogP contribution in [0.3, 0.4) is 0 Å². The minimum atomic E-state index is -0.0372. The molecule has 92 valence electrons. The van der Waals surface area contributed by atoms with Gasteiger partial charge in [-0.3, -0.25) is 10.6 Å². The predicted molar refractivity (Wildman–Crippen MR) is 68.7 cm³/mol. The molecular weight excluding hydrogens is 214 g/mol. The van der Waals surface area contributed by atoms with E-state index < -0.39 is 0 Å². The van der Waals surface area contributed by atoms with E-state index in [0.717, 1.165) is 18.4 Å². The zero-order valence-electron chi connectivity index (χ0n) is 10.1. The van der Waals surface area contributed by atoms with Crippen molar-refractivity contribution in [2.24, 2.45) is 5.84 Å². The minimum Gasteiger partial charge on any atom is -0.349 e. The van der Waals surface area contributed by atoms with Gasteiger partial charge in [-0.25, -0.2) is 0 Å². The molecule has 0 saturated heterocycles. The number of hydrogen-bond acceptors (Lipinski definition) is 3. The van der Waals surface area contributed by atoms with Gasteiger partial charge < -0.3 is 10.7 Å². The Morgan fingerprint density at radius 2 is 2.06 bits per heavy atom. The van der Waals surface area contributed by atoms with E-state index in [4.69, 9.17) is 5.84 Å². The number of nitrogens with two attached hydrogens (primary N) is 1. The number of hydrogen-bond donors (Lipinski definition) is 3. The van der Waals surface area contributed by atoms with Crippen LogP contribution in [0.1, 0.15) is 41.6 Å². The summed E-state index contributed by atoms with van der Waals surface area (Å²) >= 11 is 0. The number of amides is 1. The zero-order chi connectivity index (χ0) is 12.3. The van der Waals surface area contributed by atoms with Crippen LogP contribution in [0.5, 0.6) is 0 Å². The number of nitrogen functional groups attached to an aromatic ring is 1. The molecule has 1 aliphatic rings. The van der Waals surface area contributed by atoms with Gasteiger partial charge in [0.15, 0.2) is 0 Å². The van der Waals surface area contributed by atoms with Crippen LogP contribution < -0.4 is 16.6 Å². The van der Waals surface area contributed by atoms with E-state index in [-0.39, 0.29) is 5.91 Å². The van der Waals surface area contributed by atoms with Crippen LogP contribution in [0, 0.1) is 6.92 Å². The molecule has 0 atom stereocenters. The van der Waals surface area contributed by atoms with Crippen molar-refractivity contribution >= 4 is 11.6 Å². The summed E-state index contributed by atoms with van der Waals surface area (Å²) in [6, 6.07) is 5.94. The summed E-state index contributed by atoms with van der Waals surface area (Å²) < 4.78 is 0. The molecule has 1 aromatic carbocycles. The minimum absolute atomic E-state index is 0.0372. The molecule has 0 aliphatic heterocycles. The Bertz CT molecular complexity index is 411. The summed E-state index contributed by atoms with van der Waals surface area (Å²) in [5.74, 6) is 5.40. The molecule has 1 saturated carbocycles. The largest absolute Gasteiger partial charge is 0.349 e. The first-order valence-electron chi connectivity index (χ1n) is 6.09. The number of benzene rings is 1. The van der Waals surface area contributed by atoms with Crippen molar-refractivity contribution in [1.29, 1.82) is 0 Å². The van der Waals surface area contributed by atoms with Gasteiger partial charge in [-0.05, 0) is 37.5 Å². The molecular formula is C13H19N3O. The number of rotatable bonds is 3. The Labute approximate surface area is 102 Å². The Kier molecular flexibility index (Phi) is 3.64. The average molecular weight is 233 g/mol. The van der Waals surface area contributed by atoms with Crippen molar-refractivity contribution in [3.63, 3.8) is 0 Å². The van der Waals surface area contributed by atoms with Gasteiger partial charge in [-0.1, -0.05) is 18.9 Å². The van der Waals surface area contributed by atoms with Crippen LogP contribution in [0.25, 0.3) is 0 Å². The van der Waals surface area contributed by atoms with E-state index in [1.165, 1.54) is 12.8 Å². The van der Waals surface area contributed by atoms with Gasteiger partial charge >= 0.3 is 0 Å². The summed E-state index contributed by atoms with van der Waals surface area (Å²) in [5, 5.41) is 3.05. The smallest absolute Gasteiger partial charge is 0.253 e. The van der Waals surface area contributed by atoms with Crippen LogP contribution in [0.15, 0.2) is 18.2 Å². The number of nitrogens with one attached hydrogen (secondary N) is 2. The maximum atomic E-state index is 12.1. The van der Waals surface area contributed by atoms with Gasteiger partial charge in [0.2, 0.25) is 0 Å². The fraction of sp³-hybridized carbons (Fsp3) is 0.462. The Hall–Kier alpha value is -1.55. The summed E-state index contributed by atoms with van der Waals surface area (Å²) in [4.78, 5) is 12.1. The molecule has 0 aromatic heterocycles. The highest BCUT2D eigenvalue weighted by molar-refractivity contribution is 5.99. The summed E-state index contributed by atoms with van der Waals surface area (Å²) in [6.07, 6.45) is 4.59. The lowest BCUT2D eigenvalue weighted by Gasteiger charge is -2.14. The summed E-state index contributed by atoms with van der Waals surface area (Å²) in [5.41, 5.74) is 4.96. The highest BCUT2D eigenvalue weighted by atomic mass is 16.1. The van der Waals surface area contributed by atoms with Crippen molar-refractivity contribution in [3.8, 4) is 0 Å². The van der Waals surface area contributed by atoms with Crippen LogP contribution >= 0.6 is 0 Å². The lowest BCUT2D eigenvalue weighted by atomic mass is 10.1. The summed E-state index contributed by atoms with van der Waals surface area (Å²) in [7, 11) is 0. The molecule has 4 nitrogen and oxygen atoms in total. The molecule has 0 radical (unpaired) electrons. The van der Waals surface area contributed by atoms with Crippen LogP contribution in [0.2, 0.25) is 0 Å². The van der Waals surface area contributed by atoms with Gasteiger partial charge in [0.05, 0.1) is 11.3 Å². The highest BCUT2D eigenvalue weighted by Gasteiger charge is 2.19. The lowest BCUT2D eigenvalue weighted by molar-refractivity contribution is 0.0938. The second-order valence-electron chi connectivity index (χ2n) is 4.65. The molecule has 17 heavy (non-hydrogen) atoms. The highest BCUT2D eigenvalue weighted by Crippen LogP contribution is 2.20. The fourth-order valence-corrected chi connectivity index (χ4v) is 2.31. The van der Waals surface area contributed by atoms with E-state index in [2.05, 4.69) is 10.7 Å². The maximum absolute atomic E-state index is 12.1. The van der Waals surface area contributed by atoms with Gasteiger partial charge in [-0.2, -0.15) is 0 Å². The molecule has 1 amide bonds. The third kappa shape index (κ3) is 2.77. The van der Waals surface area contributed by atoms with Crippen molar-refractivity contribution in [3.05, 3.63) is 29.3 Å². The normalized spacial score (nSPS) is 15.9. The molecule has 0 heterocycles. The van der Waals surface area contributed by atoms with Crippen molar-refractivity contribution in [2.45, 2.75) is 38.6 Å². The number of aryl methyl sites for hydroxylation is 1. The SMILES string of the molecule is Cc1ccc(C(=O)NC2CCCC2)c(NN)c1. The second-order valence-corrected chi connectivity index (χ2v) is 4.65. The maximum Gasteiger partial charge on any atom is 0.253 e. The zero-order valence-corrected chi connectivity index (χ0v) is 10.1. The molecule has 0 unspecified atom stereocenters. The molecule has 1 aliphatic carbocycles. The third-order valence-corrected chi connectivity index (χ3v) is 3.27. The molecule has 1 aromatic rings. The topological polar surface area (TPSA) is 67.2 Å². The molecule has 4 N–H and O–H groups in total. The van der Waals surface area contributed by atoms with E-state index >= 15 is 0 Å². The number of anilines is 1. The van der Waals surface area contributed by atoms with Gasteiger partial charge in [0.25, 0.3) is 5.91 Å². The van der Waals surface area contributed by atoms with Gasteiger partial charge in [0, 0.05) is 6.04 Å². The predicted octanol–water partition coefficient (Wildman–Crippen LogP) is 1.95. The molecule has 1 fully saturated rings. The van der Waals surface area contributed by atoms with Crippen LogP contribution in [0.4, 0.5) is 5.69 Å². The quantitative estimate of drug-likeness (QED) is 0.552. The van der Waals surface area contributed by atoms with Crippen LogP contribution in [-0.2, 0) is 0 Å².